The zero-order chi connectivity index (χ0) is 57.4. The zero-order valence-corrected chi connectivity index (χ0v) is 55.3. The Morgan fingerprint density at radius 1 is 0.262 bits per heavy atom. The summed E-state index contributed by atoms with van der Waals surface area (Å²) in [5.74, 6) is 19.7. The summed E-state index contributed by atoms with van der Waals surface area (Å²) in [4.78, 5) is 0. The van der Waals surface area contributed by atoms with Crippen LogP contribution in [0.4, 0.5) is 0 Å². The van der Waals surface area contributed by atoms with Gasteiger partial charge in [-0.3, -0.25) is 0 Å². The lowest BCUT2D eigenvalue weighted by Crippen LogP contribution is -2.65. The van der Waals surface area contributed by atoms with Gasteiger partial charge in [-0.25, -0.2) is 0 Å². The summed E-state index contributed by atoms with van der Waals surface area (Å²) in [6.45, 7) is 30.1. The minimum atomic E-state index is 0.0996. The number of hydrogen-bond donors (Lipinski definition) is 4. The molecule has 17 rings (SSSR count). The Hall–Kier alpha value is -1.72. The van der Waals surface area contributed by atoms with Crippen LogP contribution in [0.2, 0.25) is 0 Å². The molecule has 0 amide bonds. The molecule has 4 nitrogen and oxygen atoms in total. The van der Waals surface area contributed by atoms with Gasteiger partial charge in [-0.2, -0.15) is 0 Å². The van der Waals surface area contributed by atoms with Crippen molar-refractivity contribution in [1.29, 1.82) is 0 Å². The molecule has 0 aromatic heterocycles. The molecule has 15 fully saturated rings. The lowest BCUT2D eigenvalue weighted by Gasteiger charge is -2.66. The molecule has 5 heterocycles. The van der Waals surface area contributed by atoms with E-state index in [-0.39, 0.29) is 21.7 Å². The number of rotatable bonds is 2. The van der Waals surface area contributed by atoms with Crippen LogP contribution in [0.3, 0.4) is 0 Å². The van der Waals surface area contributed by atoms with Crippen LogP contribution in [0.15, 0.2) is 36.4 Å². The Balaban J connectivity index is 0.843. The summed E-state index contributed by atoms with van der Waals surface area (Å²) in [6.07, 6.45) is 33.0. The lowest BCUT2D eigenvalue weighted by atomic mass is 9.39. The minimum absolute atomic E-state index is 0.0996. The summed E-state index contributed by atoms with van der Waals surface area (Å²) in [7, 11) is 0. The number of fused-ring (bicyclic) bond motifs is 12. The van der Waals surface area contributed by atoms with Gasteiger partial charge in [0.1, 0.15) is 0 Å². The van der Waals surface area contributed by atoms with Crippen LogP contribution in [0.5, 0.6) is 0 Å². The maximum absolute atomic E-state index is 5.03. The molecule has 2 aromatic rings. The molecule has 8 bridgehead atoms. The van der Waals surface area contributed by atoms with Gasteiger partial charge in [-0.1, -0.05) is 158 Å². The van der Waals surface area contributed by atoms with Crippen LogP contribution >= 0.6 is 0 Å². The average molecular weight is 1140 g/mol. The molecule has 0 spiro atoms. The van der Waals surface area contributed by atoms with E-state index in [0.717, 1.165) is 118 Å². The largest absolute Gasteiger partial charge is 0.310 e. The Labute approximate surface area is 512 Å². The first-order valence-electron chi connectivity index (χ1n) is 37.5. The van der Waals surface area contributed by atoms with Gasteiger partial charge >= 0.3 is 0 Å². The van der Waals surface area contributed by atoms with Gasteiger partial charge in [0.05, 0.1) is 0 Å². The lowest BCUT2D eigenvalue weighted by molar-refractivity contribution is -0.170. The molecule has 15 aliphatic rings. The Bertz CT molecular complexity index is 2560. The van der Waals surface area contributed by atoms with Crippen LogP contribution in [0.1, 0.15) is 270 Å². The first-order chi connectivity index (χ1) is 40.1. The molecule has 10 aliphatic carbocycles. The summed E-state index contributed by atoms with van der Waals surface area (Å²) >= 11 is 0. The van der Waals surface area contributed by atoms with E-state index >= 15 is 0 Å². The van der Waals surface area contributed by atoms with Gasteiger partial charge in [-0.15, -0.1) is 0 Å². The normalized spacial score (nSPS) is 50.6. The molecule has 0 radical (unpaired) electrons. The summed E-state index contributed by atoms with van der Waals surface area (Å²) in [5.41, 5.74) is 10.1. The highest BCUT2D eigenvalue weighted by Gasteiger charge is 2.69. The smallest absolute Gasteiger partial charge is 0.0157 e. The predicted octanol–water partition coefficient (Wildman–Crippen LogP) is 17.2. The summed E-state index contributed by atoms with van der Waals surface area (Å²) in [6, 6.07) is 21.0. The van der Waals surface area contributed by atoms with Crippen molar-refractivity contribution < 1.29 is 0 Å². The quantitative estimate of drug-likeness (QED) is 0.242. The third-order valence-electron chi connectivity index (χ3n) is 31.0. The number of nitrogens with one attached hydrogen (secondary N) is 4. The van der Waals surface area contributed by atoms with Gasteiger partial charge in [-0.05, 0) is 276 Å². The molecule has 84 heavy (non-hydrogen) atoms. The summed E-state index contributed by atoms with van der Waals surface area (Å²) < 4.78 is 0. The fraction of sp³-hybridized carbons (Fsp3) is 0.850. The Morgan fingerprint density at radius 3 is 0.964 bits per heavy atom. The molecular weight excluding hydrogens is 1020 g/mol. The van der Waals surface area contributed by atoms with E-state index in [4.69, 9.17) is 21.3 Å². The maximum atomic E-state index is 5.03. The summed E-state index contributed by atoms with van der Waals surface area (Å²) in [5, 5.41) is 20.0. The van der Waals surface area contributed by atoms with Crippen LogP contribution in [-0.2, 0) is 21.7 Å². The van der Waals surface area contributed by atoms with E-state index in [0.29, 0.717) is 60.2 Å². The monoisotopic (exact) mass is 1140 g/mol. The molecular formula is C80H120N4. The number of hydrogen-bond acceptors (Lipinski definition) is 4. The van der Waals surface area contributed by atoms with Crippen LogP contribution in [0.25, 0.3) is 0 Å². The van der Waals surface area contributed by atoms with E-state index in [1.807, 2.05) is 0 Å². The molecule has 30 atom stereocenters. The topological polar surface area (TPSA) is 48.1 Å². The van der Waals surface area contributed by atoms with Crippen LogP contribution in [0, 0.1) is 118 Å². The van der Waals surface area contributed by atoms with E-state index in [9.17, 15) is 0 Å². The highest BCUT2D eigenvalue weighted by Crippen LogP contribution is 2.71. The molecule has 5 saturated heterocycles. The number of benzene rings is 2. The SMILES string of the molecule is CC(C)(C)c1cc(C2C3CCC(N3)C3C4CCC5CCC6CCCC7CC(C8CC(NC83)C(c3cc(C(C)(C)C)cc(C(C)(C)C)c3)C3CCC(N3)C3C8CCC9CCC%10CCCC%11CC(C%12CC2NC%123)C8C9C%10%11)C4C5C67)cc(C(C)(C)C)c1. The van der Waals surface area contributed by atoms with Gasteiger partial charge in [0.2, 0.25) is 0 Å². The van der Waals surface area contributed by atoms with Gasteiger partial charge in [0.25, 0.3) is 0 Å². The highest BCUT2D eigenvalue weighted by molar-refractivity contribution is 5.43. The second kappa shape index (κ2) is 19.9. The van der Waals surface area contributed by atoms with Crippen molar-refractivity contribution in [2.24, 2.45) is 118 Å². The van der Waals surface area contributed by atoms with Crippen molar-refractivity contribution in [2.75, 3.05) is 0 Å². The fourth-order valence-corrected chi connectivity index (χ4v) is 28.0. The van der Waals surface area contributed by atoms with Gasteiger partial charge in [0, 0.05) is 60.2 Å². The first kappa shape index (κ1) is 56.3. The van der Waals surface area contributed by atoms with Crippen molar-refractivity contribution >= 4 is 0 Å². The molecule has 4 N–H and O–H groups in total. The van der Waals surface area contributed by atoms with Crippen LogP contribution in [-0.4, -0.2) is 48.3 Å². The van der Waals surface area contributed by atoms with Crippen molar-refractivity contribution in [2.45, 2.75) is 306 Å². The second-order valence-electron chi connectivity index (χ2n) is 38.5. The molecule has 460 valence electrons. The molecule has 30 unspecified atom stereocenters. The van der Waals surface area contributed by atoms with E-state index < -0.39 is 0 Å². The molecule has 5 aliphatic heterocycles. The average Bonchev–Trinajstić information content (AvgIpc) is 1.71. The van der Waals surface area contributed by atoms with Crippen molar-refractivity contribution in [1.82, 2.24) is 21.3 Å². The van der Waals surface area contributed by atoms with E-state index in [1.54, 1.807) is 97.6 Å². The fourth-order valence-electron chi connectivity index (χ4n) is 28.0. The Morgan fingerprint density at radius 2 is 0.595 bits per heavy atom. The molecule has 10 saturated carbocycles. The van der Waals surface area contributed by atoms with Crippen molar-refractivity contribution in [3.63, 3.8) is 0 Å². The van der Waals surface area contributed by atoms with Gasteiger partial charge in [0.15, 0.2) is 0 Å². The van der Waals surface area contributed by atoms with Crippen molar-refractivity contribution in [3.8, 4) is 0 Å². The van der Waals surface area contributed by atoms with E-state index in [1.165, 1.54) is 77.0 Å². The zero-order valence-electron chi connectivity index (χ0n) is 55.3. The molecule has 2 aromatic carbocycles. The predicted molar refractivity (Wildman–Crippen MR) is 347 cm³/mol. The Kier molecular flexibility index (Phi) is 13.3. The minimum Gasteiger partial charge on any atom is -0.310 e. The second-order valence-corrected chi connectivity index (χ2v) is 38.5. The van der Waals surface area contributed by atoms with Gasteiger partial charge < -0.3 is 21.3 Å². The first-order valence-corrected chi connectivity index (χ1v) is 37.5. The third kappa shape index (κ3) is 8.74. The maximum Gasteiger partial charge on any atom is 0.0157 e. The standard InChI is InChI=1S/C80H120N4/c1-77(2,3)49-31-47(32-50(37-49)78(4,5)6)67-59-27-29-61(81-59)73-53-25-23-44-22-20-42-16-14-18-46-36-56(72(53)70(44)66(42)46)58-40-64(84-76(58)73)68(48-33-51(79(7,8)9)38-52(34-48)80(10,11)12)60-28-30-62(82-60)74-54-26-24-43-21-19-41-15-13-17-45-35-55(71(54)69(43)65(41)45)57-39-63(67)83-75(57)74/h31-34,37-38,41-46,53-76,81-84H,13-30,35-36,39-40H2,1-12H3. The molecule has 4 heteroatoms. The van der Waals surface area contributed by atoms with Crippen molar-refractivity contribution in [3.05, 3.63) is 69.8 Å². The highest BCUT2D eigenvalue weighted by atomic mass is 15.1. The van der Waals surface area contributed by atoms with E-state index in [2.05, 4.69) is 119 Å². The third-order valence-corrected chi connectivity index (χ3v) is 31.0. The van der Waals surface area contributed by atoms with Crippen LogP contribution < -0.4 is 21.3 Å².